The fourth-order valence-electron chi connectivity index (χ4n) is 2.59. The molecule has 7 nitrogen and oxygen atoms in total. The summed E-state index contributed by atoms with van der Waals surface area (Å²) in [6.07, 6.45) is -0.824. The van der Waals surface area contributed by atoms with E-state index in [-0.39, 0.29) is 24.3 Å². The molecule has 0 spiro atoms. The Morgan fingerprint density at radius 3 is 2.62 bits per heavy atom. The molecule has 0 aromatic heterocycles. The van der Waals surface area contributed by atoms with Crippen LogP contribution in [0.4, 0.5) is 4.79 Å². The van der Waals surface area contributed by atoms with Gasteiger partial charge in [-0.05, 0) is 39.8 Å². The number of morpholine rings is 1. The quantitative estimate of drug-likeness (QED) is 0.831. The lowest BCUT2D eigenvalue weighted by Crippen LogP contribution is -2.50. The number of alkyl carbamates (subject to hydrolysis) is 1. The number of amides is 2. The molecule has 0 bridgehead atoms. The van der Waals surface area contributed by atoms with Gasteiger partial charge in [-0.1, -0.05) is 12.1 Å². The van der Waals surface area contributed by atoms with Crippen molar-refractivity contribution in [2.75, 3.05) is 26.2 Å². The van der Waals surface area contributed by atoms with Crippen molar-refractivity contribution >= 4 is 17.8 Å². The second-order valence-corrected chi connectivity index (χ2v) is 7.26. The van der Waals surface area contributed by atoms with E-state index in [1.807, 2.05) is 0 Å². The smallest absolute Gasteiger partial charge is 0.407 e. The van der Waals surface area contributed by atoms with Crippen LogP contribution in [0.15, 0.2) is 24.3 Å². The number of ether oxygens (including phenoxy) is 2. The molecule has 1 aliphatic rings. The van der Waals surface area contributed by atoms with Crippen LogP contribution in [-0.4, -0.2) is 60.6 Å². The van der Waals surface area contributed by atoms with Gasteiger partial charge in [0.25, 0.3) is 5.91 Å². The Morgan fingerprint density at radius 1 is 1.27 bits per heavy atom. The summed E-state index contributed by atoms with van der Waals surface area (Å²) in [7, 11) is 0. The van der Waals surface area contributed by atoms with E-state index in [4.69, 9.17) is 9.47 Å². The number of hydrogen-bond acceptors (Lipinski definition) is 5. The Morgan fingerprint density at radius 2 is 1.96 bits per heavy atom. The minimum atomic E-state index is -0.568. The zero-order valence-electron chi connectivity index (χ0n) is 15.7. The lowest BCUT2D eigenvalue weighted by atomic mass is 10.1. The summed E-state index contributed by atoms with van der Waals surface area (Å²) in [6.45, 7) is 8.31. The number of ketones is 1. The summed E-state index contributed by atoms with van der Waals surface area (Å²) in [6, 6.07) is 6.68. The average Bonchev–Trinajstić information content (AvgIpc) is 2.58. The monoisotopic (exact) mass is 362 g/mol. The molecule has 1 fully saturated rings. The van der Waals surface area contributed by atoms with Crippen molar-refractivity contribution in [3.05, 3.63) is 35.4 Å². The maximum atomic E-state index is 12.7. The van der Waals surface area contributed by atoms with Gasteiger partial charge in [-0.3, -0.25) is 9.59 Å². The van der Waals surface area contributed by atoms with Crippen molar-refractivity contribution in [1.29, 1.82) is 0 Å². The Hall–Kier alpha value is -2.41. The summed E-state index contributed by atoms with van der Waals surface area (Å²) in [5, 5.41) is 2.66. The maximum Gasteiger partial charge on any atom is 0.407 e. The fourth-order valence-corrected chi connectivity index (χ4v) is 2.59. The Balaban J connectivity index is 1.93. The first kappa shape index (κ1) is 19.9. The highest BCUT2D eigenvalue weighted by Gasteiger charge is 2.26. The Labute approximate surface area is 153 Å². The summed E-state index contributed by atoms with van der Waals surface area (Å²) in [4.78, 5) is 37.6. The molecule has 1 N–H and O–H groups in total. The highest BCUT2D eigenvalue weighted by molar-refractivity contribution is 5.99. The lowest BCUT2D eigenvalue weighted by molar-refractivity contribution is -0.0218. The van der Waals surface area contributed by atoms with Crippen molar-refractivity contribution in [1.82, 2.24) is 10.2 Å². The largest absolute Gasteiger partial charge is 0.444 e. The van der Waals surface area contributed by atoms with E-state index in [9.17, 15) is 14.4 Å². The molecule has 1 aromatic carbocycles. The van der Waals surface area contributed by atoms with Crippen LogP contribution in [0.25, 0.3) is 0 Å². The summed E-state index contributed by atoms with van der Waals surface area (Å²) in [5.74, 6) is -0.236. The minimum absolute atomic E-state index is 0.0823. The van der Waals surface area contributed by atoms with Crippen molar-refractivity contribution in [2.24, 2.45) is 0 Å². The zero-order valence-corrected chi connectivity index (χ0v) is 15.7. The number of rotatable bonds is 4. The van der Waals surface area contributed by atoms with Gasteiger partial charge >= 0.3 is 6.09 Å². The molecule has 1 aliphatic heterocycles. The lowest BCUT2D eigenvalue weighted by Gasteiger charge is -2.33. The number of Topliss-reactive ketones (excluding diaryl/α,β-unsaturated/α-hetero) is 1. The number of hydrogen-bond donors (Lipinski definition) is 1. The number of carbonyl (C=O) groups is 3. The van der Waals surface area contributed by atoms with Crippen LogP contribution in [-0.2, 0) is 9.47 Å². The molecule has 7 heteroatoms. The van der Waals surface area contributed by atoms with Crippen LogP contribution in [0.1, 0.15) is 48.4 Å². The van der Waals surface area contributed by atoms with Crippen molar-refractivity contribution in [2.45, 2.75) is 39.4 Å². The number of nitrogens with one attached hydrogen (secondary N) is 1. The van der Waals surface area contributed by atoms with E-state index in [0.717, 1.165) is 0 Å². The van der Waals surface area contributed by atoms with E-state index >= 15 is 0 Å². The van der Waals surface area contributed by atoms with E-state index in [2.05, 4.69) is 5.32 Å². The van der Waals surface area contributed by atoms with Crippen molar-refractivity contribution < 1.29 is 23.9 Å². The molecule has 1 saturated heterocycles. The maximum absolute atomic E-state index is 12.7. The molecule has 2 rings (SSSR count). The third-order valence-electron chi connectivity index (χ3n) is 3.81. The van der Waals surface area contributed by atoms with Gasteiger partial charge in [0, 0.05) is 30.8 Å². The van der Waals surface area contributed by atoms with Crippen molar-refractivity contribution in [3.63, 3.8) is 0 Å². The third kappa shape index (κ3) is 5.84. The Kier molecular flexibility index (Phi) is 6.37. The van der Waals surface area contributed by atoms with Crippen LogP contribution in [0, 0.1) is 0 Å². The second-order valence-electron chi connectivity index (χ2n) is 7.26. The van der Waals surface area contributed by atoms with Crippen LogP contribution in [0.5, 0.6) is 0 Å². The van der Waals surface area contributed by atoms with E-state index in [1.54, 1.807) is 49.9 Å². The highest BCUT2D eigenvalue weighted by atomic mass is 16.6. The Bertz CT molecular complexity index is 681. The molecule has 0 unspecified atom stereocenters. The number of nitrogens with zero attached hydrogens (tertiary/aromatic N) is 1. The highest BCUT2D eigenvalue weighted by Crippen LogP contribution is 2.13. The molecule has 0 radical (unpaired) electrons. The molecule has 1 aromatic rings. The molecule has 1 atom stereocenters. The van der Waals surface area contributed by atoms with Gasteiger partial charge in [-0.15, -0.1) is 0 Å². The normalized spacial score (nSPS) is 17.5. The van der Waals surface area contributed by atoms with E-state index in [1.165, 1.54) is 6.92 Å². The molecule has 1 heterocycles. The number of carbonyl (C=O) groups excluding carboxylic acids is 3. The SMILES string of the molecule is CC(=O)c1cccc(C(=O)N2CCO[C@@H](CNC(=O)OC(C)(C)C)C2)c1. The predicted octanol–water partition coefficient (Wildman–Crippen LogP) is 2.25. The first-order valence-corrected chi connectivity index (χ1v) is 8.64. The molecule has 26 heavy (non-hydrogen) atoms. The summed E-state index contributed by atoms with van der Waals surface area (Å²) in [5.41, 5.74) is 0.409. The topological polar surface area (TPSA) is 84.9 Å². The molecule has 0 saturated carbocycles. The van der Waals surface area contributed by atoms with Crippen LogP contribution < -0.4 is 5.32 Å². The van der Waals surface area contributed by atoms with Gasteiger partial charge in [0.05, 0.1) is 12.7 Å². The van der Waals surface area contributed by atoms with Gasteiger partial charge in [-0.2, -0.15) is 0 Å². The second kappa shape index (κ2) is 8.31. The first-order chi connectivity index (χ1) is 12.2. The first-order valence-electron chi connectivity index (χ1n) is 8.64. The summed E-state index contributed by atoms with van der Waals surface area (Å²) >= 11 is 0. The van der Waals surface area contributed by atoms with Crippen LogP contribution >= 0.6 is 0 Å². The summed E-state index contributed by atoms with van der Waals surface area (Å²) < 4.78 is 10.8. The molecule has 142 valence electrons. The van der Waals surface area contributed by atoms with Gasteiger partial charge < -0.3 is 19.7 Å². The molecular formula is C19H26N2O5. The standard InChI is InChI=1S/C19H26N2O5/c1-13(22)14-6-5-7-15(10-14)17(23)21-8-9-25-16(12-21)11-20-18(24)26-19(2,3)4/h5-7,10,16H,8-9,11-12H2,1-4H3,(H,20,24)/t16-/m0/s1. The molecular weight excluding hydrogens is 336 g/mol. The average molecular weight is 362 g/mol. The molecule has 0 aliphatic carbocycles. The van der Waals surface area contributed by atoms with Gasteiger partial charge in [-0.25, -0.2) is 4.79 Å². The third-order valence-corrected chi connectivity index (χ3v) is 3.81. The molecule has 2 amide bonds. The van der Waals surface area contributed by atoms with E-state index < -0.39 is 11.7 Å². The van der Waals surface area contributed by atoms with Crippen molar-refractivity contribution in [3.8, 4) is 0 Å². The van der Waals surface area contributed by atoms with Crippen LogP contribution in [0.2, 0.25) is 0 Å². The van der Waals surface area contributed by atoms with E-state index in [0.29, 0.717) is 30.8 Å². The number of benzene rings is 1. The fraction of sp³-hybridized carbons (Fsp3) is 0.526. The van der Waals surface area contributed by atoms with Gasteiger partial charge in [0.2, 0.25) is 0 Å². The zero-order chi connectivity index (χ0) is 19.3. The minimum Gasteiger partial charge on any atom is -0.444 e. The van der Waals surface area contributed by atoms with Crippen LogP contribution in [0.3, 0.4) is 0 Å². The van der Waals surface area contributed by atoms with Gasteiger partial charge in [0.15, 0.2) is 5.78 Å². The predicted molar refractivity (Wildman–Crippen MR) is 96.3 cm³/mol. The van der Waals surface area contributed by atoms with Gasteiger partial charge in [0.1, 0.15) is 5.60 Å².